The molecular formula is C30H33FN2. The topological polar surface area (TPSA) is 27.0 Å². The van der Waals surface area contributed by atoms with Crippen LogP contribution in [0.4, 0.5) is 4.39 Å². The highest BCUT2D eigenvalue weighted by molar-refractivity contribution is 5.36. The first-order chi connectivity index (χ1) is 16.1. The number of halogens is 1. The van der Waals surface area contributed by atoms with Crippen molar-refractivity contribution in [3.05, 3.63) is 107 Å². The van der Waals surface area contributed by atoms with Crippen molar-refractivity contribution in [2.24, 2.45) is 5.92 Å². The summed E-state index contributed by atoms with van der Waals surface area (Å²) in [7, 11) is 0. The molecule has 2 unspecified atom stereocenters. The van der Waals surface area contributed by atoms with E-state index in [0.29, 0.717) is 12.0 Å². The van der Waals surface area contributed by atoms with E-state index in [1.165, 1.54) is 23.3 Å². The predicted octanol–water partition coefficient (Wildman–Crippen LogP) is 7.26. The van der Waals surface area contributed by atoms with Crippen LogP contribution >= 0.6 is 0 Å². The van der Waals surface area contributed by atoms with E-state index in [1.807, 2.05) is 12.1 Å². The van der Waals surface area contributed by atoms with E-state index in [2.05, 4.69) is 78.6 Å². The number of nitriles is 1. The highest BCUT2D eigenvalue weighted by Gasteiger charge is 2.47. The molecule has 1 aliphatic carbocycles. The minimum atomic E-state index is -0.522. The molecule has 2 nitrogen and oxygen atoms in total. The van der Waals surface area contributed by atoms with Crippen LogP contribution in [-0.4, -0.2) is 10.9 Å². The predicted molar refractivity (Wildman–Crippen MR) is 132 cm³/mol. The van der Waals surface area contributed by atoms with Gasteiger partial charge in [0.15, 0.2) is 0 Å². The van der Waals surface area contributed by atoms with E-state index >= 15 is 0 Å². The monoisotopic (exact) mass is 440 g/mol. The van der Waals surface area contributed by atoms with Crippen molar-refractivity contribution < 1.29 is 4.39 Å². The summed E-state index contributed by atoms with van der Waals surface area (Å²) in [4.78, 5) is 2.56. The molecule has 170 valence electrons. The standard InChI is InChI=1S/C30H33FN2/c1-2-29(19-20-30(23-32,26-13-14-26)27-15-17-28(31)18-16-27)33(21-24-9-5-3-6-10-24)22-25-11-7-4-8-12-25/h3-12,15-18,26,29H,2,13-14,19-22H2,1H3. The van der Waals surface area contributed by atoms with Gasteiger partial charge in [0.2, 0.25) is 0 Å². The van der Waals surface area contributed by atoms with Crippen LogP contribution in [0.2, 0.25) is 0 Å². The zero-order chi connectivity index (χ0) is 23.1. The van der Waals surface area contributed by atoms with Crippen LogP contribution in [0, 0.1) is 23.1 Å². The van der Waals surface area contributed by atoms with Gasteiger partial charge in [-0.1, -0.05) is 79.7 Å². The van der Waals surface area contributed by atoms with Gasteiger partial charge in [-0.05, 0) is 66.8 Å². The number of nitrogens with zero attached hydrogens (tertiary/aromatic N) is 2. The Morgan fingerprint density at radius 2 is 1.45 bits per heavy atom. The molecule has 0 aliphatic heterocycles. The molecule has 1 aliphatic rings. The summed E-state index contributed by atoms with van der Waals surface area (Å²) in [6.45, 7) is 4.01. The molecule has 1 saturated carbocycles. The number of rotatable bonds is 11. The Morgan fingerprint density at radius 1 is 0.909 bits per heavy atom. The van der Waals surface area contributed by atoms with Crippen molar-refractivity contribution in [3.63, 3.8) is 0 Å². The molecule has 1 fully saturated rings. The van der Waals surface area contributed by atoms with Crippen molar-refractivity contribution in [1.82, 2.24) is 4.90 Å². The molecule has 3 aromatic rings. The zero-order valence-electron chi connectivity index (χ0n) is 19.5. The minimum Gasteiger partial charge on any atom is -0.292 e. The van der Waals surface area contributed by atoms with Crippen LogP contribution in [0.25, 0.3) is 0 Å². The third-order valence-electron chi connectivity index (χ3n) is 7.15. The Hall–Kier alpha value is -2.96. The van der Waals surface area contributed by atoms with Gasteiger partial charge in [0.05, 0.1) is 11.5 Å². The average molecular weight is 441 g/mol. The molecule has 3 aromatic carbocycles. The normalized spacial score (nSPS) is 16.2. The van der Waals surface area contributed by atoms with Gasteiger partial charge >= 0.3 is 0 Å². The molecule has 0 saturated heterocycles. The van der Waals surface area contributed by atoms with Crippen LogP contribution in [0.5, 0.6) is 0 Å². The molecule has 0 N–H and O–H groups in total. The second-order valence-corrected chi connectivity index (χ2v) is 9.34. The molecule has 2 atom stereocenters. The summed E-state index contributed by atoms with van der Waals surface area (Å²) in [5, 5.41) is 10.3. The smallest absolute Gasteiger partial charge is 0.123 e. The second-order valence-electron chi connectivity index (χ2n) is 9.34. The molecule has 3 heteroatoms. The van der Waals surface area contributed by atoms with Crippen molar-refractivity contribution in [2.75, 3.05) is 0 Å². The summed E-state index contributed by atoms with van der Waals surface area (Å²) < 4.78 is 13.6. The lowest BCUT2D eigenvalue weighted by Crippen LogP contribution is -2.36. The molecule has 0 bridgehead atoms. The fourth-order valence-electron chi connectivity index (χ4n) is 5.11. The maximum absolute atomic E-state index is 13.6. The highest BCUT2D eigenvalue weighted by Crippen LogP contribution is 2.50. The lowest BCUT2D eigenvalue weighted by molar-refractivity contribution is 0.154. The van der Waals surface area contributed by atoms with Crippen molar-refractivity contribution in [2.45, 2.75) is 63.6 Å². The van der Waals surface area contributed by atoms with Crippen LogP contribution in [0.3, 0.4) is 0 Å². The largest absolute Gasteiger partial charge is 0.292 e. The Kier molecular flexibility index (Phi) is 7.57. The highest BCUT2D eigenvalue weighted by atomic mass is 19.1. The van der Waals surface area contributed by atoms with Gasteiger partial charge < -0.3 is 0 Å². The van der Waals surface area contributed by atoms with Gasteiger partial charge in [-0.15, -0.1) is 0 Å². The van der Waals surface area contributed by atoms with Gasteiger partial charge in [0, 0.05) is 19.1 Å². The second kappa shape index (κ2) is 10.8. The molecular weight excluding hydrogens is 407 g/mol. The van der Waals surface area contributed by atoms with Crippen LogP contribution < -0.4 is 0 Å². The van der Waals surface area contributed by atoms with E-state index < -0.39 is 5.41 Å². The Bertz CT molecular complexity index is 997. The summed E-state index contributed by atoms with van der Waals surface area (Å²) in [6, 6.07) is 30.9. The Labute approximate surface area is 197 Å². The molecule has 0 heterocycles. The third kappa shape index (κ3) is 5.70. The third-order valence-corrected chi connectivity index (χ3v) is 7.15. The van der Waals surface area contributed by atoms with Crippen LogP contribution in [0.1, 0.15) is 55.7 Å². The molecule has 4 rings (SSSR count). The van der Waals surface area contributed by atoms with E-state index in [1.54, 1.807) is 0 Å². The van der Waals surface area contributed by atoms with E-state index in [4.69, 9.17) is 0 Å². The lowest BCUT2D eigenvalue weighted by atomic mass is 9.73. The fraction of sp³-hybridized carbons (Fsp3) is 0.367. The number of hydrogen-bond acceptors (Lipinski definition) is 2. The Balaban J connectivity index is 1.56. The van der Waals surface area contributed by atoms with Crippen LogP contribution in [-0.2, 0) is 18.5 Å². The first kappa shape index (κ1) is 23.2. The first-order valence-corrected chi connectivity index (χ1v) is 12.1. The van der Waals surface area contributed by atoms with Crippen LogP contribution in [0.15, 0.2) is 84.9 Å². The van der Waals surface area contributed by atoms with Gasteiger partial charge in [0.1, 0.15) is 5.82 Å². The fourth-order valence-corrected chi connectivity index (χ4v) is 5.11. The van der Waals surface area contributed by atoms with E-state index in [-0.39, 0.29) is 5.82 Å². The molecule has 0 amide bonds. The minimum absolute atomic E-state index is 0.246. The average Bonchev–Trinajstić information content (AvgIpc) is 3.70. The lowest BCUT2D eigenvalue weighted by Gasteiger charge is -2.35. The summed E-state index contributed by atoms with van der Waals surface area (Å²) >= 11 is 0. The summed E-state index contributed by atoms with van der Waals surface area (Å²) in [5.41, 5.74) is 3.06. The SMILES string of the molecule is CCC(CCC(C#N)(c1ccc(F)cc1)C1CC1)N(Cc1ccccc1)Cc1ccccc1. The van der Waals surface area contributed by atoms with E-state index in [9.17, 15) is 9.65 Å². The number of hydrogen-bond donors (Lipinski definition) is 0. The molecule has 33 heavy (non-hydrogen) atoms. The van der Waals surface area contributed by atoms with Crippen molar-refractivity contribution >= 4 is 0 Å². The van der Waals surface area contributed by atoms with Crippen molar-refractivity contribution in [3.8, 4) is 6.07 Å². The maximum atomic E-state index is 13.6. The molecule has 0 radical (unpaired) electrons. The van der Waals surface area contributed by atoms with Gasteiger partial charge in [-0.3, -0.25) is 4.90 Å². The molecule has 0 spiro atoms. The zero-order valence-corrected chi connectivity index (χ0v) is 19.5. The molecule has 0 aromatic heterocycles. The van der Waals surface area contributed by atoms with Crippen molar-refractivity contribution in [1.29, 1.82) is 5.26 Å². The van der Waals surface area contributed by atoms with Gasteiger partial charge in [-0.2, -0.15) is 5.26 Å². The quantitative estimate of drug-likeness (QED) is 0.314. The Morgan fingerprint density at radius 3 is 1.91 bits per heavy atom. The van der Waals surface area contributed by atoms with E-state index in [0.717, 1.165) is 50.8 Å². The number of benzene rings is 3. The first-order valence-electron chi connectivity index (χ1n) is 12.1. The summed E-state index contributed by atoms with van der Waals surface area (Å²) in [6.07, 6.45) is 4.93. The maximum Gasteiger partial charge on any atom is 0.123 e. The summed E-state index contributed by atoms with van der Waals surface area (Å²) in [5.74, 6) is 0.131. The van der Waals surface area contributed by atoms with Gasteiger partial charge in [0.25, 0.3) is 0 Å². The van der Waals surface area contributed by atoms with Gasteiger partial charge in [-0.25, -0.2) is 4.39 Å².